The minimum Gasteiger partial charge on any atom is -0.388 e. The molecule has 3 heteroatoms. The first-order valence-corrected chi connectivity index (χ1v) is 6.66. The van der Waals surface area contributed by atoms with Crippen LogP contribution in [0, 0.1) is 13.8 Å². The number of hydrogen-bond donors (Lipinski definition) is 1. The Kier molecular flexibility index (Phi) is 4.08. The second kappa shape index (κ2) is 5.78. The maximum absolute atomic E-state index is 12.4. The topological polar surface area (TPSA) is 32.3 Å². The third kappa shape index (κ3) is 2.82. The lowest BCUT2D eigenvalue weighted by Gasteiger charge is -2.18. The van der Waals surface area contributed by atoms with Crippen molar-refractivity contribution in [1.82, 2.24) is 0 Å². The van der Waals surface area contributed by atoms with Crippen LogP contribution in [-0.4, -0.2) is 20.0 Å². The normalized spacial score (nSPS) is 10.2. The third-order valence-corrected chi connectivity index (χ3v) is 3.60. The molecule has 0 radical (unpaired) electrons. The monoisotopic (exact) mass is 268 g/mol. The van der Waals surface area contributed by atoms with Gasteiger partial charge in [0.2, 0.25) is 0 Å². The number of carbonyl (C=O) groups excluding carboxylic acids is 1. The Morgan fingerprint density at radius 3 is 2.20 bits per heavy atom. The van der Waals surface area contributed by atoms with Crippen molar-refractivity contribution in [2.45, 2.75) is 13.8 Å². The van der Waals surface area contributed by atoms with Crippen molar-refractivity contribution in [3.8, 4) is 0 Å². The average molecular weight is 268 g/mol. The summed E-state index contributed by atoms with van der Waals surface area (Å²) >= 11 is 0. The summed E-state index contributed by atoms with van der Waals surface area (Å²) in [5, 5.41) is 3.04. The summed E-state index contributed by atoms with van der Waals surface area (Å²) < 4.78 is 0. The van der Waals surface area contributed by atoms with E-state index in [-0.39, 0.29) is 5.91 Å². The zero-order valence-electron chi connectivity index (χ0n) is 12.4. The number of carbonyl (C=O) groups is 1. The van der Waals surface area contributed by atoms with Crippen LogP contribution >= 0.6 is 0 Å². The molecule has 0 unspecified atom stereocenters. The number of nitrogens with zero attached hydrogens (tertiary/aromatic N) is 1. The Bertz CT molecular complexity index is 617. The van der Waals surface area contributed by atoms with Crippen LogP contribution in [0.1, 0.15) is 21.5 Å². The van der Waals surface area contributed by atoms with Crippen LogP contribution in [0.15, 0.2) is 42.5 Å². The first kappa shape index (κ1) is 14.1. The number of aryl methyl sites for hydroxylation is 2. The number of hydrogen-bond acceptors (Lipinski definition) is 2. The fourth-order valence-electron chi connectivity index (χ4n) is 2.02. The predicted octanol–water partition coefficient (Wildman–Crippen LogP) is 3.62. The van der Waals surface area contributed by atoms with Crippen LogP contribution in [-0.2, 0) is 0 Å². The van der Waals surface area contributed by atoms with Crippen LogP contribution in [0.2, 0.25) is 0 Å². The quantitative estimate of drug-likeness (QED) is 0.922. The minimum absolute atomic E-state index is 0.00379. The van der Waals surface area contributed by atoms with Gasteiger partial charge in [-0.2, -0.15) is 0 Å². The Balaban J connectivity index is 2.24. The van der Waals surface area contributed by atoms with E-state index < -0.39 is 0 Å². The van der Waals surface area contributed by atoms with Crippen molar-refractivity contribution in [3.05, 3.63) is 59.2 Å². The van der Waals surface area contributed by atoms with Gasteiger partial charge in [-0.3, -0.25) is 4.79 Å². The maximum atomic E-state index is 12.4. The Hall–Kier alpha value is -2.29. The molecular weight excluding hydrogens is 248 g/mol. The minimum atomic E-state index is -0.00379. The molecule has 0 saturated carbocycles. The summed E-state index contributed by atoms with van der Waals surface area (Å²) in [5.74, 6) is -0.00379. The molecule has 2 aromatic rings. The van der Waals surface area contributed by atoms with Gasteiger partial charge >= 0.3 is 0 Å². The van der Waals surface area contributed by atoms with Crippen LogP contribution in [0.3, 0.4) is 0 Å². The SMILES string of the molecule is CNc1ccc(C(=O)N(C)c2ccc(C)c(C)c2)cc1. The summed E-state index contributed by atoms with van der Waals surface area (Å²) in [5.41, 5.74) is 5.01. The van der Waals surface area contributed by atoms with Crippen molar-refractivity contribution in [3.63, 3.8) is 0 Å². The summed E-state index contributed by atoms with van der Waals surface area (Å²) in [7, 11) is 3.66. The average Bonchev–Trinajstić information content (AvgIpc) is 2.48. The highest BCUT2D eigenvalue weighted by Gasteiger charge is 2.13. The molecule has 0 heterocycles. The second-order valence-corrected chi connectivity index (χ2v) is 4.96. The van der Waals surface area contributed by atoms with Crippen molar-refractivity contribution in [2.24, 2.45) is 0 Å². The van der Waals surface area contributed by atoms with Gasteiger partial charge in [0.05, 0.1) is 0 Å². The van der Waals surface area contributed by atoms with Gasteiger partial charge in [-0.1, -0.05) is 6.07 Å². The molecule has 0 saturated heterocycles. The number of nitrogens with one attached hydrogen (secondary N) is 1. The molecule has 0 aromatic heterocycles. The highest BCUT2D eigenvalue weighted by molar-refractivity contribution is 6.05. The first-order valence-electron chi connectivity index (χ1n) is 6.66. The van der Waals surface area contributed by atoms with E-state index in [0.29, 0.717) is 5.56 Å². The largest absolute Gasteiger partial charge is 0.388 e. The molecule has 0 atom stereocenters. The number of amides is 1. The molecule has 1 amide bonds. The van der Waals surface area contributed by atoms with Gasteiger partial charge < -0.3 is 10.2 Å². The molecule has 1 N–H and O–H groups in total. The van der Waals surface area contributed by atoms with Crippen molar-refractivity contribution in [2.75, 3.05) is 24.3 Å². The van der Waals surface area contributed by atoms with Crippen molar-refractivity contribution in [1.29, 1.82) is 0 Å². The van der Waals surface area contributed by atoms with Gasteiger partial charge in [0, 0.05) is 31.0 Å². The van der Waals surface area contributed by atoms with E-state index in [1.54, 1.807) is 11.9 Å². The molecule has 0 fully saturated rings. The molecule has 104 valence electrons. The maximum Gasteiger partial charge on any atom is 0.258 e. The summed E-state index contributed by atoms with van der Waals surface area (Å²) in [6.07, 6.45) is 0. The van der Waals surface area contributed by atoms with Crippen molar-refractivity contribution < 1.29 is 4.79 Å². The lowest BCUT2D eigenvalue weighted by atomic mass is 10.1. The van der Waals surface area contributed by atoms with E-state index in [4.69, 9.17) is 0 Å². The fourth-order valence-corrected chi connectivity index (χ4v) is 2.02. The molecule has 2 aromatic carbocycles. The number of benzene rings is 2. The predicted molar refractivity (Wildman–Crippen MR) is 84.6 cm³/mol. The Labute approximate surface area is 120 Å². The first-order chi connectivity index (χ1) is 9.52. The highest BCUT2D eigenvalue weighted by atomic mass is 16.2. The summed E-state index contributed by atoms with van der Waals surface area (Å²) in [6, 6.07) is 13.5. The third-order valence-electron chi connectivity index (χ3n) is 3.60. The highest BCUT2D eigenvalue weighted by Crippen LogP contribution is 2.20. The zero-order chi connectivity index (χ0) is 14.7. The van der Waals surface area contributed by atoms with Gasteiger partial charge in [0.25, 0.3) is 5.91 Å². The Morgan fingerprint density at radius 1 is 1.00 bits per heavy atom. The standard InChI is InChI=1S/C17H20N2O/c1-12-5-10-16(11-13(12)2)19(4)17(20)14-6-8-15(18-3)9-7-14/h5-11,18H,1-4H3. The van der Waals surface area contributed by atoms with Gasteiger partial charge in [-0.25, -0.2) is 0 Å². The van der Waals surface area contributed by atoms with Gasteiger partial charge in [-0.05, 0) is 61.4 Å². The smallest absolute Gasteiger partial charge is 0.258 e. The van der Waals surface area contributed by atoms with E-state index in [2.05, 4.69) is 19.2 Å². The Morgan fingerprint density at radius 2 is 1.65 bits per heavy atom. The summed E-state index contributed by atoms with van der Waals surface area (Å²) in [6.45, 7) is 4.12. The number of rotatable bonds is 3. The number of anilines is 2. The molecule has 0 aliphatic carbocycles. The molecule has 3 nitrogen and oxygen atoms in total. The van der Waals surface area contributed by atoms with E-state index in [0.717, 1.165) is 11.4 Å². The van der Waals surface area contributed by atoms with Gasteiger partial charge in [0.15, 0.2) is 0 Å². The molecular formula is C17H20N2O. The van der Waals surface area contributed by atoms with E-state index in [9.17, 15) is 4.79 Å². The van der Waals surface area contributed by atoms with Gasteiger partial charge in [-0.15, -0.1) is 0 Å². The van der Waals surface area contributed by atoms with Crippen LogP contribution < -0.4 is 10.2 Å². The molecule has 0 aliphatic heterocycles. The lowest BCUT2D eigenvalue weighted by molar-refractivity contribution is 0.0993. The molecule has 0 spiro atoms. The zero-order valence-corrected chi connectivity index (χ0v) is 12.4. The fraction of sp³-hybridized carbons (Fsp3) is 0.235. The molecule has 0 aliphatic rings. The van der Waals surface area contributed by atoms with E-state index in [1.807, 2.05) is 49.5 Å². The van der Waals surface area contributed by atoms with Crippen molar-refractivity contribution >= 4 is 17.3 Å². The summed E-state index contributed by atoms with van der Waals surface area (Å²) in [4.78, 5) is 14.1. The van der Waals surface area contributed by atoms with Gasteiger partial charge in [0.1, 0.15) is 0 Å². The molecule has 2 rings (SSSR count). The molecule has 0 bridgehead atoms. The lowest BCUT2D eigenvalue weighted by Crippen LogP contribution is -2.26. The van der Waals surface area contributed by atoms with Crippen LogP contribution in [0.4, 0.5) is 11.4 Å². The van der Waals surface area contributed by atoms with Crippen LogP contribution in [0.5, 0.6) is 0 Å². The van der Waals surface area contributed by atoms with E-state index in [1.165, 1.54) is 11.1 Å². The molecule has 20 heavy (non-hydrogen) atoms. The second-order valence-electron chi connectivity index (χ2n) is 4.96. The van der Waals surface area contributed by atoms with E-state index >= 15 is 0 Å². The van der Waals surface area contributed by atoms with Crippen LogP contribution in [0.25, 0.3) is 0 Å².